The molecule has 0 saturated heterocycles. The average Bonchev–Trinajstić information content (AvgIpc) is 2.01. The molecule has 0 bridgehead atoms. The summed E-state index contributed by atoms with van der Waals surface area (Å²) >= 11 is 0. The fraction of sp³-hybridized carbons (Fsp3) is 0.778. The van der Waals surface area contributed by atoms with Crippen LogP contribution in [-0.2, 0) is 19.1 Å². The largest absolute Gasteiger partial charge is 0.466 e. The Labute approximate surface area is 79.2 Å². The third-order valence-corrected chi connectivity index (χ3v) is 0.857. The number of esters is 2. The highest BCUT2D eigenvalue weighted by Crippen LogP contribution is 1.78. The summed E-state index contributed by atoms with van der Waals surface area (Å²) in [5, 5.41) is 0. The maximum absolute atomic E-state index is 9.98. The topological polar surface area (TPSA) is 52.6 Å². The highest BCUT2D eigenvalue weighted by atomic mass is 16.5. The predicted molar refractivity (Wildman–Crippen MR) is 49.2 cm³/mol. The molecule has 0 aliphatic heterocycles. The van der Waals surface area contributed by atoms with Gasteiger partial charge < -0.3 is 9.47 Å². The molecule has 0 amide bonds. The quantitative estimate of drug-likeness (QED) is 0.633. The van der Waals surface area contributed by atoms with Crippen LogP contribution in [0.1, 0.15) is 34.1 Å². The molecule has 78 valence electrons. The van der Waals surface area contributed by atoms with Crippen molar-refractivity contribution in [3.63, 3.8) is 0 Å². The summed E-state index contributed by atoms with van der Waals surface area (Å²) in [6.07, 6.45) is 0.902. The van der Waals surface area contributed by atoms with Crippen LogP contribution in [-0.4, -0.2) is 25.2 Å². The molecular weight excluding hydrogens is 172 g/mol. The zero-order chi connectivity index (χ0) is 10.7. The molecule has 0 spiro atoms. The maximum atomic E-state index is 9.98. The monoisotopic (exact) mass is 190 g/mol. The predicted octanol–water partition coefficient (Wildman–Crippen LogP) is 1.53. The van der Waals surface area contributed by atoms with Crippen LogP contribution in [0.3, 0.4) is 0 Å². The Balaban J connectivity index is 0. The van der Waals surface area contributed by atoms with E-state index in [4.69, 9.17) is 0 Å². The normalized spacial score (nSPS) is 8.00. The molecule has 0 aromatic carbocycles. The highest BCUT2D eigenvalue weighted by Gasteiger charge is 1.85. The van der Waals surface area contributed by atoms with Crippen molar-refractivity contribution >= 4 is 11.9 Å². The first-order valence-corrected chi connectivity index (χ1v) is 4.31. The minimum absolute atomic E-state index is 0.193. The second-order valence-corrected chi connectivity index (χ2v) is 2.26. The summed E-state index contributed by atoms with van der Waals surface area (Å²) in [5.74, 6) is -0.403. The van der Waals surface area contributed by atoms with Crippen LogP contribution < -0.4 is 0 Å². The molecule has 0 radical (unpaired) electrons. The minimum Gasteiger partial charge on any atom is -0.466 e. The summed E-state index contributed by atoms with van der Waals surface area (Å²) < 4.78 is 8.95. The second kappa shape index (κ2) is 10.9. The van der Waals surface area contributed by atoms with Gasteiger partial charge in [-0.2, -0.15) is 0 Å². The van der Waals surface area contributed by atoms with Crippen molar-refractivity contribution in [2.24, 2.45) is 0 Å². The summed E-state index contributed by atoms with van der Waals surface area (Å²) in [5.41, 5.74) is 0. The fourth-order valence-corrected chi connectivity index (χ4v) is 0.449. The second-order valence-electron chi connectivity index (χ2n) is 2.26. The van der Waals surface area contributed by atoms with Gasteiger partial charge in [0.1, 0.15) is 0 Å². The van der Waals surface area contributed by atoms with Gasteiger partial charge in [-0.15, -0.1) is 0 Å². The number of hydrogen-bond donors (Lipinski definition) is 0. The molecule has 0 aromatic rings. The lowest BCUT2D eigenvalue weighted by molar-refractivity contribution is -0.141. The summed E-state index contributed by atoms with van der Waals surface area (Å²) in [6, 6.07) is 0. The van der Waals surface area contributed by atoms with E-state index < -0.39 is 0 Å². The summed E-state index contributed by atoms with van der Waals surface area (Å²) in [7, 11) is 0. The van der Waals surface area contributed by atoms with Crippen LogP contribution in [0.4, 0.5) is 0 Å². The smallest absolute Gasteiger partial charge is 0.302 e. The van der Waals surface area contributed by atoms with Gasteiger partial charge in [0.25, 0.3) is 0 Å². The zero-order valence-electron chi connectivity index (χ0n) is 8.75. The van der Waals surface area contributed by atoms with Gasteiger partial charge >= 0.3 is 11.9 Å². The number of carbonyl (C=O) groups is 2. The van der Waals surface area contributed by atoms with E-state index in [1.165, 1.54) is 13.8 Å². The first kappa shape index (κ1) is 14.5. The van der Waals surface area contributed by atoms with Crippen molar-refractivity contribution in [3.05, 3.63) is 0 Å². The molecule has 0 fully saturated rings. The average molecular weight is 190 g/mol. The van der Waals surface area contributed by atoms with Crippen molar-refractivity contribution in [1.82, 2.24) is 0 Å². The molecule has 0 rings (SSSR count). The Morgan fingerprint density at radius 3 is 1.54 bits per heavy atom. The molecule has 0 heterocycles. The molecule has 4 heteroatoms. The minimum atomic E-state index is -0.211. The molecule has 0 saturated carbocycles. The molecule has 0 atom stereocenters. The van der Waals surface area contributed by atoms with Crippen LogP contribution in [0, 0.1) is 0 Å². The van der Waals surface area contributed by atoms with Gasteiger partial charge in [0.05, 0.1) is 13.2 Å². The van der Waals surface area contributed by atoms with Crippen LogP contribution in [0.25, 0.3) is 0 Å². The van der Waals surface area contributed by atoms with Gasteiger partial charge in [-0.3, -0.25) is 9.59 Å². The SMILES string of the molecule is CCCOC(C)=O.CCOC(C)=O. The van der Waals surface area contributed by atoms with Crippen molar-refractivity contribution in [2.45, 2.75) is 34.1 Å². The molecule has 0 unspecified atom stereocenters. The molecule has 0 aliphatic carbocycles. The van der Waals surface area contributed by atoms with Crippen molar-refractivity contribution in [2.75, 3.05) is 13.2 Å². The lowest BCUT2D eigenvalue weighted by Crippen LogP contribution is -1.98. The van der Waals surface area contributed by atoms with E-state index in [9.17, 15) is 9.59 Å². The van der Waals surface area contributed by atoms with Crippen molar-refractivity contribution in [1.29, 1.82) is 0 Å². The van der Waals surface area contributed by atoms with Crippen LogP contribution in [0.5, 0.6) is 0 Å². The first-order valence-electron chi connectivity index (χ1n) is 4.31. The lowest BCUT2D eigenvalue weighted by atomic mass is 10.5. The van der Waals surface area contributed by atoms with E-state index in [-0.39, 0.29) is 11.9 Å². The number of rotatable bonds is 3. The van der Waals surface area contributed by atoms with Gasteiger partial charge in [-0.25, -0.2) is 0 Å². The third-order valence-electron chi connectivity index (χ3n) is 0.857. The van der Waals surface area contributed by atoms with Crippen LogP contribution in [0.15, 0.2) is 0 Å². The Morgan fingerprint density at radius 1 is 1.00 bits per heavy atom. The first-order chi connectivity index (χ1) is 6.04. The van der Waals surface area contributed by atoms with Gasteiger partial charge in [-0.1, -0.05) is 6.92 Å². The Morgan fingerprint density at radius 2 is 1.46 bits per heavy atom. The number of carbonyl (C=O) groups excluding carboxylic acids is 2. The number of ether oxygens (including phenoxy) is 2. The molecule has 4 nitrogen and oxygen atoms in total. The van der Waals surface area contributed by atoms with Crippen LogP contribution >= 0.6 is 0 Å². The van der Waals surface area contributed by atoms with Gasteiger partial charge in [0.15, 0.2) is 0 Å². The van der Waals surface area contributed by atoms with Crippen molar-refractivity contribution < 1.29 is 19.1 Å². The van der Waals surface area contributed by atoms with E-state index in [2.05, 4.69) is 9.47 Å². The Bertz CT molecular complexity index is 143. The molecule has 0 aliphatic rings. The zero-order valence-corrected chi connectivity index (χ0v) is 8.75. The van der Waals surface area contributed by atoms with E-state index >= 15 is 0 Å². The summed E-state index contributed by atoms with van der Waals surface area (Å²) in [6.45, 7) is 7.58. The van der Waals surface area contributed by atoms with Crippen molar-refractivity contribution in [3.8, 4) is 0 Å². The van der Waals surface area contributed by atoms with E-state index in [0.717, 1.165) is 6.42 Å². The fourth-order valence-electron chi connectivity index (χ4n) is 0.449. The van der Waals surface area contributed by atoms with Crippen LogP contribution in [0.2, 0.25) is 0 Å². The Hall–Kier alpha value is -1.06. The molecular formula is C9H18O4. The van der Waals surface area contributed by atoms with E-state index in [0.29, 0.717) is 13.2 Å². The molecule has 13 heavy (non-hydrogen) atoms. The summed E-state index contributed by atoms with van der Waals surface area (Å²) in [4.78, 5) is 19.8. The van der Waals surface area contributed by atoms with Gasteiger partial charge in [-0.05, 0) is 13.3 Å². The highest BCUT2D eigenvalue weighted by molar-refractivity contribution is 5.66. The third kappa shape index (κ3) is 24.8. The number of hydrogen-bond acceptors (Lipinski definition) is 4. The standard InChI is InChI=1S/C5H10O2.C4H8O2/c1-3-4-7-5(2)6;1-3-6-4(2)5/h3-4H2,1-2H3;3H2,1-2H3. The van der Waals surface area contributed by atoms with Gasteiger partial charge in [0.2, 0.25) is 0 Å². The van der Waals surface area contributed by atoms with E-state index in [1.807, 2.05) is 6.92 Å². The van der Waals surface area contributed by atoms with Gasteiger partial charge in [0, 0.05) is 13.8 Å². The lowest BCUT2D eigenvalue weighted by Gasteiger charge is -1.93. The maximum Gasteiger partial charge on any atom is 0.302 e. The van der Waals surface area contributed by atoms with E-state index in [1.54, 1.807) is 6.92 Å². The molecule has 0 aromatic heterocycles. The Kier molecular flexibility index (Phi) is 12.2. The molecule has 0 N–H and O–H groups in total.